The van der Waals surface area contributed by atoms with Crippen molar-refractivity contribution in [3.63, 3.8) is 0 Å². The molecule has 1 N–H and O–H groups in total. The summed E-state index contributed by atoms with van der Waals surface area (Å²) in [4.78, 5) is 20.7. The van der Waals surface area contributed by atoms with Crippen LogP contribution in [0, 0.1) is 6.92 Å². The topological polar surface area (TPSA) is 59.3 Å². The SMILES string of the molecule is Cc1nc2ccc(Cl)cn2c1C(=O)NCc1ccncc1. The summed E-state index contributed by atoms with van der Waals surface area (Å²) in [6.45, 7) is 2.25. The molecule has 0 bridgehead atoms. The van der Waals surface area contributed by atoms with Crippen LogP contribution in [0.2, 0.25) is 5.02 Å². The summed E-state index contributed by atoms with van der Waals surface area (Å²) in [6, 6.07) is 7.26. The number of hydrogen-bond acceptors (Lipinski definition) is 3. The van der Waals surface area contributed by atoms with Crippen LogP contribution in [0.3, 0.4) is 0 Å². The molecule has 0 radical (unpaired) electrons. The minimum atomic E-state index is -0.181. The van der Waals surface area contributed by atoms with Gasteiger partial charge in [-0.3, -0.25) is 14.2 Å². The van der Waals surface area contributed by atoms with Gasteiger partial charge in [-0.15, -0.1) is 0 Å². The molecule has 6 heteroatoms. The highest BCUT2D eigenvalue weighted by atomic mass is 35.5. The van der Waals surface area contributed by atoms with Crippen LogP contribution in [0.25, 0.3) is 5.65 Å². The predicted molar refractivity (Wildman–Crippen MR) is 80.3 cm³/mol. The van der Waals surface area contributed by atoms with Crippen LogP contribution in [0.1, 0.15) is 21.7 Å². The Morgan fingerprint density at radius 1 is 1.29 bits per heavy atom. The maximum absolute atomic E-state index is 12.4. The fourth-order valence-electron chi connectivity index (χ4n) is 2.18. The number of halogens is 1. The molecule has 0 aromatic carbocycles. The molecular weight excluding hydrogens is 288 g/mol. The summed E-state index contributed by atoms with van der Waals surface area (Å²) in [5, 5.41) is 3.44. The third-order valence-corrected chi connectivity index (χ3v) is 3.40. The van der Waals surface area contributed by atoms with Crippen LogP contribution in [-0.4, -0.2) is 20.3 Å². The van der Waals surface area contributed by atoms with Gasteiger partial charge < -0.3 is 5.32 Å². The van der Waals surface area contributed by atoms with E-state index in [0.29, 0.717) is 28.6 Å². The van der Waals surface area contributed by atoms with Crippen molar-refractivity contribution in [3.8, 4) is 0 Å². The number of pyridine rings is 2. The van der Waals surface area contributed by atoms with Crippen molar-refractivity contribution >= 4 is 23.2 Å². The second kappa shape index (κ2) is 5.54. The summed E-state index contributed by atoms with van der Waals surface area (Å²) < 4.78 is 1.71. The molecule has 5 nitrogen and oxygen atoms in total. The first kappa shape index (κ1) is 13.6. The molecule has 3 heterocycles. The van der Waals surface area contributed by atoms with E-state index < -0.39 is 0 Å². The van der Waals surface area contributed by atoms with Gasteiger partial charge in [0.2, 0.25) is 0 Å². The first-order valence-electron chi connectivity index (χ1n) is 6.46. The number of hydrogen-bond donors (Lipinski definition) is 1. The van der Waals surface area contributed by atoms with Gasteiger partial charge in [-0.25, -0.2) is 4.98 Å². The van der Waals surface area contributed by atoms with Gasteiger partial charge in [0.15, 0.2) is 0 Å². The highest BCUT2D eigenvalue weighted by molar-refractivity contribution is 6.30. The number of amides is 1. The molecule has 3 aromatic heterocycles. The Morgan fingerprint density at radius 2 is 2.05 bits per heavy atom. The second-order valence-corrected chi connectivity index (χ2v) is 5.10. The number of nitrogens with zero attached hydrogens (tertiary/aromatic N) is 3. The molecule has 0 aliphatic carbocycles. The first-order chi connectivity index (χ1) is 10.1. The molecular formula is C15H13ClN4O. The van der Waals surface area contributed by atoms with Gasteiger partial charge in [-0.1, -0.05) is 11.6 Å². The number of carbonyl (C=O) groups is 1. The van der Waals surface area contributed by atoms with Crippen molar-refractivity contribution in [2.24, 2.45) is 0 Å². The smallest absolute Gasteiger partial charge is 0.270 e. The second-order valence-electron chi connectivity index (χ2n) is 4.66. The summed E-state index contributed by atoms with van der Waals surface area (Å²) >= 11 is 5.99. The van der Waals surface area contributed by atoms with Gasteiger partial charge in [0.1, 0.15) is 11.3 Å². The van der Waals surface area contributed by atoms with Crippen LogP contribution in [0.15, 0.2) is 42.9 Å². The summed E-state index contributed by atoms with van der Waals surface area (Å²) in [7, 11) is 0. The largest absolute Gasteiger partial charge is 0.347 e. The van der Waals surface area contributed by atoms with E-state index >= 15 is 0 Å². The van der Waals surface area contributed by atoms with Crippen molar-refractivity contribution in [1.82, 2.24) is 19.7 Å². The summed E-state index contributed by atoms with van der Waals surface area (Å²) in [5.41, 5.74) is 2.86. The van der Waals surface area contributed by atoms with Gasteiger partial charge in [0.05, 0.1) is 10.7 Å². The minimum absolute atomic E-state index is 0.181. The van der Waals surface area contributed by atoms with Crippen LogP contribution < -0.4 is 5.32 Å². The third-order valence-electron chi connectivity index (χ3n) is 3.17. The zero-order chi connectivity index (χ0) is 14.8. The Balaban J connectivity index is 1.87. The zero-order valence-electron chi connectivity index (χ0n) is 11.4. The number of carbonyl (C=O) groups excluding carboxylic acids is 1. The van der Waals surface area contributed by atoms with E-state index in [2.05, 4.69) is 15.3 Å². The number of imidazole rings is 1. The zero-order valence-corrected chi connectivity index (χ0v) is 12.1. The average Bonchev–Trinajstić information content (AvgIpc) is 2.81. The molecule has 0 saturated heterocycles. The Morgan fingerprint density at radius 3 is 2.81 bits per heavy atom. The fraction of sp³-hybridized carbons (Fsp3) is 0.133. The number of fused-ring (bicyclic) bond motifs is 1. The van der Waals surface area contributed by atoms with E-state index in [4.69, 9.17) is 11.6 Å². The molecule has 0 fully saturated rings. The van der Waals surface area contributed by atoms with E-state index in [0.717, 1.165) is 5.56 Å². The van der Waals surface area contributed by atoms with E-state index in [9.17, 15) is 4.79 Å². The summed E-state index contributed by atoms with van der Waals surface area (Å²) in [6.07, 6.45) is 5.08. The monoisotopic (exact) mass is 300 g/mol. The van der Waals surface area contributed by atoms with Gasteiger partial charge >= 0.3 is 0 Å². The van der Waals surface area contributed by atoms with Crippen LogP contribution in [0.4, 0.5) is 0 Å². The first-order valence-corrected chi connectivity index (χ1v) is 6.84. The van der Waals surface area contributed by atoms with Gasteiger partial charge in [0, 0.05) is 25.1 Å². The molecule has 0 spiro atoms. The lowest BCUT2D eigenvalue weighted by Gasteiger charge is -2.06. The Kier molecular flexibility index (Phi) is 3.58. The number of rotatable bonds is 3. The maximum Gasteiger partial charge on any atom is 0.270 e. The fourth-order valence-corrected chi connectivity index (χ4v) is 2.34. The maximum atomic E-state index is 12.4. The molecule has 0 atom stereocenters. The van der Waals surface area contributed by atoms with E-state index in [1.165, 1.54) is 0 Å². The van der Waals surface area contributed by atoms with Crippen molar-refractivity contribution < 1.29 is 4.79 Å². The van der Waals surface area contributed by atoms with E-state index in [1.54, 1.807) is 35.1 Å². The molecule has 0 saturated carbocycles. The number of nitrogens with one attached hydrogen (secondary N) is 1. The molecule has 21 heavy (non-hydrogen) atoms. The highest BCUT2D eigenvalue weighted by Crippen LogP contribution is 2.16. The lowest BCUT2D eigenvalue weighted by Crippen LogP contribution is -2.25. The van der Waals surface area contributed by atoms with Crippen LogP contribution in [0.5, 0.6) is 0 Å². The Labute approximate surface area is 126 Å². The Hall–Kier alpha value is -2.40. The van der Waals surface area contributed by atoms with Gasteiger partial charge in [-0.05, 0) is 36.8 Å². The average molecular weight is 301 g/mol. The van der Waals surface area contributed by atoms with Gasteiger partial charge in [-0.2, -0.15) is 0 Å². The summed E-state index contributed by atoms with van der Waals surface area (Å²) in [5.74, 6) is -0.181. The Bertz CT molecular complexity index is 798. The van der Waals surface area contributed by atoms with Crippen molar-refractivity contribution in [1.29, 1.82) is 0 Å². The minimum Gasteiger partial charge on any atom is -0.347 e. The molecule has 0 aliphatic rings. The molecule has 106 valence electrons. The molecule has 3 aromatic rings. The lowest BCUT2D eigenvalue weighted by atomic mass is 10.2. The van der Waals surface area contributed by atoms with Crippen molar-refractivity contribution in [3.05, 3.63) is 64.8 Å². The quantitative estimate of drug-likeness (QED) is 0.809. The predicted octanol–water partition coefficient (Wildman–Crippen LogP) is 2.62. The molecule has 3 rings (SSSR count). The van der Waals surface area contributed by atoms with Crippen molar-refractivity contribution in [2.75, 3.05) is 0 Å². The molecule has 1 amide bonds. The molecule has 0 aliphatic heterocycles. The van der Waals surface area contributed by atoms with E-state index in [-0.39, 0.29) is 5.91 Å². The van der Waals surface area contributed by atoms with Crippen LogP contribution >= 0.6 is 11.6 Å². The standard InChI is InChI=1S/C15H13ClN4O/c1-10-14(20-9-12(16)2-3-13(20)19-10)15(21)18-8-11-4-6-17-7-5-11/h2-7,9H,8H2,1H3,(H,18,21). The van der Waals surface area contributed by atoms with Crippen LogP contribution in [-0.2, 0) is 6.54 Å². The normalized spacial score (nSPS) is 10.8. The van der Waals surface area contributed by atoms with Crippen molar-refractivity contribution in [2.45, 2.75) is 13.5 Å². The number of aryl methyl sites for hydroxylation is 1. The molecule has 0 unspecified atom stereocenters. The third kappa shape index (κ3) is 2.73. The van der Waals surface area contributed by atoms with E-state index in [1.807, 2.05) is 19.1 Å². The number of aromatic nitrogens is 3. The highest BCUT2D eigenvalue weighted by Gasteiger charge is 2.16. The van der Waals surface area contributed by atoms with Gasteiger partial charge in [0.25, 0.3) is 5.91 Å². The lowest BCUT2D eigenvalue weighted by molar-refractivity contribution is 0.0944.